The van der Waals surface area contributed by atoms with E-state index in [2.05, 4.69) is 10.4 Å². The summed E-state index contributed by atoms with van der Waals surface area (Å²) in [5.74, 6) is -0.165. The average Bonchev–Trinajstić information content (AvgIpc) is 3.12. The standard InChI is InChI=1S/C22H20N4OS/c1-14-8-7-11-18(12-14)25-21(27)20(23-22(25)28)13-19-15(2)24-26(16(19)3)17-9-5-4-6-10-17/h4-13H,1-3H3,(H,23,28)/b20-13+. The molecule has 28 heavy (non-hydrogen) atoms. The van der Waals surface area contributed by atoms with Crippen LogP contribution in [0.1, 0.15) is 22.5 Å². The molecule has 0 unspecified atom stereocenters. The Hall–Kier alpha value is -3.25. The lowest BCUT2D eigenvalue weighted by atomic mass is 10.1. The maximum atomic E-state index is 13.0. The second-order valence-electron chi connectivity index (χ2n) is 6.80. The third-order valence-corrected chi connectivity index (χ3v) is 5.06. The van der Waals surface area contributed by atoms with Gasteiger partial charge in [0.05, 0.1) is 17.1 Å². The Morgan fingerprint density at radius 2 is 1.71 bits per heavy atom. The van der Waals surface area contributed by atoms with Crippen LogP contribution in [-0.2, 0) is 4.79 Å². The van der Waals surface area contributed by atoms with Crippen LogP contribution in [0.4, 0.5) is 5.69 Å². The van der Waals surface area contributed by atoms with E-state index in [0.29, 0.717) is 10.8 Å². The molecule has 0 spiro atoms. The normalized spacial score (nSPS) is 15.4. The van der Waals surface area contributed by atoms with Gasteiger partial charge >= 0.3 is 0 Å². The fourth-order valence-electron chi connectivity index (χ4n) is 3.37. The Bertz CT molecular complexity index is 1110. The number of para-hydroxylation sites is 1. The Morgan fingerprint density at radius 3 is 2.43 bits per heavy atom. The highest BCUT2D eigenvalue weighted by atomic mass is 32.1. The largest absolute Gasteiger partial charge is 0.327 e. The van der Waals surface area contributed by atoms with Crippen LogP contribution in [-0.4, -0.2) is 20.8 Å². The maximum absolute atomic E-state index is 13.0. The van der Waals surface area contributed by atoms with E-state index in [1.165, 1.54) is 4.90 Å². The number of thiocarbonyl (C=S) groups is 1. The fourth-order valence-corrected chi connectivity index (χ4v) is 3.66. The van der Waals surface area contributed by atoms with E-state index >= 15 is 0 Å². The minimum Gasteiger partial charge on any atom is -0.327 e. The van der Waals surface area contributed by atoms with Gasteiger partial charge in [0.1, 0.15) is 5.70 Å². The van der Waals surface area contributed by atoms with E-state index < -0.39 is 0 Å². The van der Waals surface area contributed by atoms with E-state index in [4.69, 9.17) is 12.2 Å². The number of aromatic nitrogens is 2. The van der Waals surface area contributed by atoms with E-state index in [1.807, 2.05) is 86.1 Å². The molecule has 0 saturated carbocycles. The molecule has 1 aliphatic rings. The van der Waals surface area contributed by atoms with Gasteiger partial charge in [-0.2, -0.15) is 5.10 Å². The van der Waals surface area contributed by atoms with Gasteiger partial charge in [-0.05, 0) is 68.9 Å². The minimum atomic E-state index is -0.165. The molecule has 0 atom stereocenters. The number of hydrogen-bond acceptors (Lipinski definition) is 3. The number of nitrogens with one attached hydrogen (secondary N) is 1. The van der Waals surface area contributed by atoms with Crippen molar-refractivity contribution in [3.05, 3.63) is 82.8 Å². The van der Waals surface area contributed by atoms with Crippen molar-refractivity contribution >= 4 is 35.0 Å². The van der Waals surface area contributed by atoms with Crippen LogP contribution in [0, 0.1) is 20.8 Å². The van der Waals surface area contributed by atoms with Crippen molar-refractivity contribution in [3.8, 4) is 5.69 Å². The zero-order valence-corrected chi connectivity index (χ0v) is 16.7. The summed E-state index contributed by atoms with van der Waals surface area (Å²) in [7, 11) is 0. The minimum absolute atomic E-state index is 0.165. The molecule has 5 nitrogen and oxygen atoms in total. The number of anilines is 1. The lowest BCUT2D eigenvalue weighted by molar-refractivity contribution is -0.113. The van der Waals surface area contributed by atoms with Crippen LogP contribution >= 0.6 is 12.2 Å². The lowest BCUT2D eigenvalue weighted by Gasteiger charge is -2.14. The molecule has 0 bridgehead atoms. The molecule has 1 amide bonds. The first kappa shape index (κ1) is 18.1. The zero-order valence-electron chi connectivity index (χ0n) is 15.9. The van der Waals surface area contributed by atoms with Crippen LogP contribution in [0.5, 0.6) is 0 Å². The Morgan fingerprint density at radius 1 is 1.00 bits per heavy atom. The lowest BCUT2D eigenvalue weighted by Crippen LogP contribution is -2.30. The summed E-state index contributed by atoms with van der Waals surface area (Å²) in [6, 6.07) is 17.7. The first-order valence-corrected chi connectivity index (χ1v) is 9.42. The van der Waals surface area contributed by atoms with Crippen molar-refractivity contribution in [3.63, 3.8) is 0 Å². The fraction of sp³-hybridized carbons (Fsp3) is 0.136. The number of hydrogen-bond donors (Lipinski definition) is 1. The smallest absolute Gasteiger partial charge is 0.281 e. The van der Waals surface area contributed by atoms with E-state index in [-0.39, 0.29) is 5.91 Å². The predicted octanol–water partition coefficient (Wildman–Crippen LogP) is 4.06. The van der Waals surface area contributed by atoms with Crippen molar-refractivity contribution in [2.24, 2.45) is 0 Å². The van der Waals surface area contributed by atoms with E-state index in [0.717, 1.165) is 33.9 Å². The summed E-state index contributed by atoms with van der Waals surface area (Å²) in [4.78, 5) is 14.5. The molecule has 140 valence electrons. The average molecular weight is 388 g/mol. The van der Waals surface area contributed by atoms with Crippen molar-refractivity contribution < 1.29 is 4.79 Å². The molecule has 1 fully saturated rings. The van der Waals surface area contributed by atoms with Gasteiger partial charge < -0.3 is 5.32 Å². The highest BCUT2D eigenvalue weighted by Gasteiger charge is 2.32. The van der Waals surface area contributed by atoms with Gasteiger partial charge in [-0.15, -0.1) is 0 Å². The first-order valence-electron chi connectivity index (χ1n) is 9.01. The number of rotatable bonds is 3. The van der Waals surface area contributed by atoms with Crippen molar-refractivity contribution in [2.45, 2.75) is 20.8 Å². The highest BCUT2D eigenvalue weighted by molar-refractivity contribution is 7.80. The molecular weight excluding hydrogens is 368 g/mol. The maximum Gasteiger partial charge on any atom is 0.281 e. The van der Waals surface area contributed by atoms with Crippen molar-refractivity contribution in [2.75, 3.05) is 4.90 Å². The monoisotopic (exact) mass is 388 g/mol. The highest BCUT2D eigenvalue weighted by Crippen LogP contribution is 2.25. The van der Waals surface area contributed by atoms with Crippen molar-refractivity contribution in [1.29, 1.82) is 0 Å². The molecule has 1 aliphatic heterocycles. The summed E-state index contributed by atoms with van der Waals surface area (Å²) in [6.45, 7) is 5.92. The predicted molar refractivity (Wildman–Crippen MR) is 115 cm³/mol. The van der Waals surface area contributed by atoms with Gasteiger partial charge in [0, 0.05) is 11.3 Å². The van der Waals surface area contributed by atoms with Gasteiger partial charge in [0.25, 0.3) is 5.91 Å². The number of carbonyl (C=O) groups is 1. The molecule has 1 N–H and O–H groups in total. The molecule has 1 saturated heterocycles. The molecule has 3 aromatic rings. The number of benzene rings is 2. The van der Waals surface area contributed by atoms with Gasteiger partial charge in [0.15, 0.2) is 5.11 Å². The van der Waals surface area contributed by atoms with Gasteiger partial charge in [-0.1, -0.05) is 30.3 Å². The summed E-state index contributed by atoms with van der Waals surface area (Å²) in [5, 5.41) is 8.08. The van der Waals surface area contributed by atoms with Crippen molar-refractivity contribution in [1.82, 2.24) is 15.1 Å². The molecule has 2 aromatic carbocycles. The second-order valence-corrected chi connectivity index (χ2v) is 7.19. The van der Waals surface area contributed by atoms with Gasteiger partial charge in [0.2, 0.25) is 0 Å². The number of amides is 1. The number of nitrogens with zero attached hydrogens (tertiary/aromatic N) is 3. The Kier molecular flexibility index (Phi) is 4.57. The molecule has 2 heterocycles. The molecule has 1 aromatic heterocycles. The van der Waals surface area contributed by atoms with Crippen LogP contribution < -0.4 is 10.2 Å². The Labute approximate surface area is 169 Å². The van der Waals surface area contributed by atoms with Crippen LogP contribution in [0.2, 0.25) is 0 Å². The molecule has 6 heteroatoms. The summed E-state index contributed by atoms with van der Waals surface area (Å²) in [6.07, 6.45) is 1.83. The first-order chi connectivity index (χ1) is 13.5. The summed E-state index contributed by atoms with van der Waals surface area (Å²) < 4.78 is 1.89. The third-order valence-electron chi connectivity index (χ3n) is 4.77. The molecule has 0 aliphatic carbocycles. The van der Waals surface area contributed by atoms with Crippen LogP contribution in [0.3, 0.4) is 0 Å². The van der Waals surface area contributed by atoms with Gasteiger partial charge in [-0.25, -0.2) is 4.68 Å². The van der Waals surface area contributed by atoms with Gasteiger partial charge in [-0.3, -0.25) is 9.69 Å². The Balaban J connectivity index is 1.72. The molecule has 0 radical (unpaired) electrons. The summed E-state index contributed by atoms with van der Waals surface area (Å²) in [5.41, 5.74) is 5.99. The van der Waals surface area contributed by atoms with Crippen LogP contribution in [0.25, 0.3) is 11.8 Å². The van der Waals surface area contributed by atoms with E-state index in [1.54, 1.807) is 0 Å². The SMILES string of the molecule is Cc1cccc(N2C(=O)/C(=C\c3c(C)nn(-c4ccccc4)c3C)NC2=S)c1. The molecule has 4 rings (SSSR count). The summed E-state index contributed by atoms with van der Waals surface area (Å²) >= 11 is 5.42. The third kappa shape index (κ3) is 3.12. The number of aryl methyl sites for hydroxylation is 2. The van der Waals surface area contributed by atoms with Crippen LogP contribution in [0.15, 0.2) is 60.3 Å². The quantitative estimate of drug-likeness (QED) is 0.543. The van der Waals surface area contributed by atoms with E-state index in [9.17, 15) is 4.79 Å². The zero-order chi connectivity index (χ0) is 19.8. The number of carbonyl (C=O) groups excluding carboxylic acids is 1. The second kappa shape index (κ2) is 7.05. The topological polar surface area (TPSA) is 50.2 Å². The molecular formula is C22H20N4OS.